The van der Waals surface area contributed by atoms with E-state index in [1.165, 1.54) is 31.4 Å². The molecule has 0 bridgehead atoms. The average Bonchev–Trinajstić information content (AvgIpc) is 2.39. The standard InChI is InChI=1S/C12H17NO5S/c1-4-13(12(14)18-5-2)19(15,16)11-8-6-10(17-3)7-9-11/h6-9H,4-5H2,1-3H3. The maximum Gasteiger partial charge on any atom is 0.423 e. The van der Waals surface area contributed by atoms with Gasteiger partial charge < -0.3 is 9.47 Å². The fourth-order valence-electron chi connectivity index (χ4n) is 1.47. The van der Waals surface area contributed by atoms with Crippen molar-refractivity contribution in [1.82, 2.24) is 4.31 Å². The first-order chi connectivity index (χ1) is 8.97. The third kappa shape index (κ3) is 3.37. The van der Waals surface area contributed by atoms with E-state index in [1.54, 1.807) is 13.8 Å². The molecule has 0 atom stereocenters. The first kappa shape index (κ1) is 15.3. The Bertz CT molecular complexity index is 524. The van der Waals surface area contributed by atoms with Crippen molar-refractivity contribution in [3.8, 4) is 5.75 Å². The zero-order valence-corrected chi connectivity index (χ0v) is 11.9. The number of hydrogen-bond acceptors (Lipinski definition) is 5. The second-order valence-electron chi connectivity index (χ2n) is 3.54. The van der Waals surface area contributed by atoms with Crippen molar-refractivity contribution in [1.29, 1.82) is 0 Å². The molecule has 106 valence electrons. The first-order valence-electron chi connectivity index (χ1n) is 5.80. The number of benzene rings is 1. The van der Waals surface area contributed by atoms with Gasteiger partial charge in [-0.25, -0.2) is 17.5 Å². The lowest BCUT2D eigenvalue weighted by Gasteiger charge is -2.19. The van der Waals surface area contributed by atoms with Gasteiger partial charge in [0.15, 0.2) is 0 Å². The van der Waals surface area contributed by atoms with Gasteiger partial charge >= 0.3 is 6.09 Å². The Morgan fingerprint density at radius 2 is 1.79 bits per heavy atom. The molecule has 0 heterocycles. The maximum atomic E-state index is 12.3. The fraction of sp³-hybridized carbons (Fsp3) is 0.417. The lowest BCUT2D eigenvalue weighted by molar-refractivity contribution is 0.132. The molecule has 1 rings (SSSR count). The van der Waals surface area contributed by atoms with E-state index >= 15 is 0 Å². The molecule has 0 saturated heterocycles. The van der Waals surface area contributed by atoms with Gasteiger partial charge in [0.25, 0.3) is 10.0 Å². The molecule has 0 radical (unpaired) electrons. The van der Waals surface area contributed by atoms with Crippen LogP contribution in [0.5, 0.6) is 5.75 Å². The van der Waals surface area contributed by atoms with Crippen molar-refractivity contribution in [3.05, 3.63) is 24.3 Å². The van der Waals surface area contributed by atoms with E-state index in [-0.39, 0.29) is 18.0 Å². The Morgan fingerprint density at radius 1 is 1.21 bits per heavy atom. The number of amides is 1. The number of sulfonamides is 1. The van der Waals surface area contributed by atoms with Gasteiger partial charge in [-0.05, 0) is 38.1 Å². The van der Waals surface area contributed by atoms with Gasteiger partial charge in [-0.2, -0.15) is 0 Å². The summed E-state index contributed by atoms with van der Waals surface area (Å²) in [6.45, 7) is 3.31. The van der Waals surface area contributed by atoms with Crippen molar-refractivity contribution in [3.63, 3.8) is 0 Å². The lowest BCUT2D eigenvalue weighted by Crippen LogP contribution is -2.37. The Balaban J connectivity index is 3.09. The van der Waals surface area contributed by atoms with Crippen LogP contribution in [0.3, 0.4) is 0 Å². The Hall–Kier alpha value is -1.76. The molecular weight excluding hydrogens is 270 g/mol. The molecule has 0 spiro atoms. The van der Waals surface area contributed by atoms with E-state index in [4.69, 9.17) is 9.47 Å². The minimum Gasteiger partial charge on any atom is -0.497 e. The van der Waals surface area contributed by atoms with Gasteiger partial charge in [0.1, 0.15) is 5.75 Å². The van der Waals surface area contributed by atoms with Crippen LogP contribution in [0.25, 0.3) is 0 Å². The molecule has 0 fully saturated rings. The number of rotatable bonds is 5. The van der Waals surface area contributed by atoms with Crippen LogP contribution in [-0.4, -0.2) is 39.1 Å². The van der Waals surface area contributed by atoms with E-state index in [0.29, 0.717) is 10.1 Å². The summed E-state index contributed by atoms with van der Waals surface area (Å²) in [5, 5.41) is 0. The highest BCUT2D eigenvalue weighted by molar-refractivity contribution is 7.89. The van der Waals surface area contributed by atoms with Gasteiger partial charge in [0.05, 0.1) is 18.6 Å². The summed E-state index contributed by atoms with van der Waals surface area (Å²) in [6, 6.07) is 5.81. The van der Waals surface area contributed by atoms with Gasteiger partial charge in [0.2, 0.25) is 0 Å². The molecule has 7 heteroatoms. The zero-order chi connectivity index (χ0) is 14.5. The van der Waals surface area contributed by atoms with Crippen LogP contribution in [0.2, 0.25) is 0 Å². The largest absolute Gasteiger partial charge is 0.497 e. The Kier molecular flexibility index (Phi) is 5.17. The van der Waals surface area contributed by atoms with E-state index in [9.17, 15) is 13.2 Å². The van der Waals surface area contributed by atoms with E-state index in [2.05, 4.69) is 0 Å². The van der Waals surface area contributed by atoms with Crippen molar-refractivity contribution in [2.75, 3.05) is 20.3 Å². The molecule has 1 aromatic carbocycles. The quantitative estimate of drug-likeness (QED) is 0.826. The van der Waals surface area contributed by atoms with Crippen LogP contribution in [0.15, 0.2) is 29.2 Å². The topological polar surface area (TPSA) is 72.9 Å². The van der Waals surface area contributed by atoms with Gasteiger partial charge in [0, 0.05) is 6.54 Å². The summed E-state index contributed by atoms with van der Waals surface area (Å²) in [5.74, 6) is 0.540. The zero-order valence-electron chi connectivity index (χ0n) is 11.1. The van der Waals surface area contributed by atoms with E-state index < -0.39 is 16.1 Å². The number of carbonyl (C=O) groups excluding carboxylic acids is 1. The van der Waals surface area contributed by atoms with Gasteiger partial charge in [-0.15, -0.1) is 0 Å². The molecule has 0 aliphatic carbocycles. The number of methoxy groups -OCH3 is 1. The molecule has 1 aromatic rings. The highest BCUT2D eigenvalue weighted by Crippen LogP contribution is 2.19. The highest BCUT2D eigenvalue weighted by atomic mass is 32.2. The second-order valence-corrected chi connectivity index (χ2v) is 5.41. The third-order valence-electron chi connectivity index (χ3n) is 2.41. The molecule has 0 N–H and O–H groups in total. The minimum atomic E-state index is -3.89. The van der Waals surface area contributed by atoms with Crippen LogP contribution in [-0.2, 0) is 14.8 Å². The third-order valence-corrected chi connectivity index (χ3v) is 4.26. The summed E-state index contributed by atoms with van der Waals surface area (Å²) in [5.41, 5.74) is 0. The summed E-state index contributed by atoms with van der Waals surface area (Å²) in [4.78, 5) is 11.6. The second kappa shape index (κ2) is 6.42. The van der Waals surface area contributed by atoms with Crippen LogP contribution in [0.4, 0.5) is 4.79 Å². The molecule has 0 aromatic heterocycles. The predicted octanol–water partition coefficient (Wildman–Crippen LogP) is 1.86. The first-order valence-corrected chi connectivity index (χ1v) is 7.24. The molecule has 0 saturated carbocycles. The monoisotopic (exact) mass is 287 g/mol. The number of nitrogens with zero attached hydrogens (tertiary/aromatic N) is 1. The van der Waals surface area contributed by atoms with Crippen LogP contribution in [0, 0.1) is 0 Å². The van der Waals surface area contributed by atoms with Gasteiger partial charge in [-0.3, -0.25) is 0 Å². The van der Waals surface area contributed by atoms with Crippen molar-refractivity contribution >= 4 is 16.1 Å². The highest BCUT2D eigenvalue weighted by Gasteiger charge is 2.28. The van der Waals surface area contributed by atoms with Crippen LogP contribution >= 0.6 is 0 Å². The van der Waals surface area contributed by atoms with E-state index in [0.717, 1.165) is 0 Å². The van der Waals surface area contributed by atoms with Crippen molar-refractivity contribution < 1.29 is 22.7 Å². The number of carbonyl (C=O) groups is 1. The van der Waals surface area contributed by atoms with Crippen LogP contribution in [0.1, 0.15) is 13.8 Å². The molecular formula is C12H17NO5S. The van der Waals surface area contributed by atoms with Gasteiger partial charge in [-0.1, -0.05) is 0 Å². The molecule has 0 unspecified atom stereocenters. The average molecular weight is 287 g/mol. The van der Waals surface area contributed by atoms with Crippen molar-refractivity contribution in [2.45, 2.75) is 18.7 Å². The van der Waals surface area contributed by atoms with Crippen molar-refractivity contribution in [2.24, 2.45) is 0 Å². The van der Waals surface area contributed by atoms with E-state index in [1.807, 2.05) is 0 Å². The number of hydrogen-bond donors (Lipinski definition) is 0. The summed E-state index contributed by atoms with van der Waals surface area (Å²) >= 11 is 0. The predicted molar refractivity (Wildman–Crippen MR) is 69.6 cm³/mol. The summed E-state index contributed by atoms with van der Waals surface area (Å²) in [7, 11) is -2.41. The van der Waals surface area contributed by atoms with Crippen LogP contribution < -0.4 is 4.74 Å². The smallest absolute Gasteiger partial charge is 0.423 e. The Morgan fingerprint density at radius 3 is 2.21 bits per heavy atom. The molecule has 19 heavy (non-hydrogen) atoms. The summed E-state index contributed by atoms with van der Waals surface area (Å²) in [6.07, 6.45) is -0.874. The maximum absolute atomic E-state index is 12.3. The number of ether oxygens (including phenoxy) is 2. The molecule has 0 aliphatic rings. The normalized spacial score (nSPS) is 10.9. The lowest BCUT2D eigenvalue weighted by atomic mass is 10.3. The fourth-order valence-corrected chi connectivity index (χ4v) is 2.79. The Labute approximate surface area is 113 Å². The minimum absolute atomic E-state index is 0.00714. The molecule has 1 amide bonds. The molecule has 0 aliphatic heterocycles. The summed E-state index contributed by atoms with van der Waals surface area (Å²) < 4.78 is 34.9. The SMILES string of the molecule is CCOC(=O)N(CC)S(=O)(=O)c1ccc(OC)cc1. The molecule has 6 nitrogen and oxygen atoms in total.